The molecule has 4 aromatic rings. The molecule has 29 heavy (non-hydrogen) atoms. The molecule has 3 heterocycles. The molecule has 0 saturated heterocycles. The number of benzene rings is 1. The van der Waals surface area contributed by atoms with Crippen molar-refractivity contribution in [3.63, 3.8) is 0 Å². The minimum Gasteiger partial charge on any atom is -0.325 e. The summed E-state index contributed by atoms with van der Waals surface area (Å²) in [6, 6.07) is 9.66. The zero-order valence-electron chi connectivity index (χ0n) is 15.9. The maximum atomic E-state index is 12.9. The van der Waals surface area contributed by atoms with Gasteiger partial charge >= 0.3 is 0 Å². The van der Waals surface area contributed by atoms with Gasteiger partial charge in [-0.1, -0.05) is 12.1 Å². The number of nitrogens with one attached hydrogen (secondary N) is 1. The second-order valence-corrected chi connectivity index (χ2v) is 8.41. The summed E-state index contributed by atoms with van der Waals surface area (Å²) < 4.78 is 1.30. The Hall–Kier alpha value is -3.10. The minimum absolute atomic E-state index is 0.115. The molecule has 8 heteroatoms. The number of carbonyl (C=O) groups is 1. The van der Waals surface area contributed by atoms with Crippen molar-refractivity contribution < 1.29 is 4.79 Å². The molecule has 3 aromatic heterocycles. The van der Waals surface area contributed by atoms with Crippen LogP contribution in [0, 0.1) is 13.8 Å². The number of aryl methyl sites for hydroxylation is 2. The molecule has 0 aliphatic heterocycles. The third-order valence-electron chi connectivity index (χ3n) is 4.51. The van der Waals surface area contributed by atoms with Gasteiger partial charge in [0.05, 0.1) is 22.5 Å². The lowest BCUT2D eigenvalue weighted by atomic mass is 10.1. The van der Waals surface area contributed by atoms with Gasteiger partial charge in [0.25, 0.3) is 5.56 Å². The lowest BCUT2D eigenvalue weighted by Crippen LogP contribution is -2.28. The van der Waals surface area contributed by atoms with E-state index in [1.54, 1.807) is 11.3 Å². The van der Waals surface area contributed by atoms with Crippen molar-refractivity contribution in [2.45, 2.75) is 20.4 Å². The number of anilines is 1. The zero-order chi connectivity index (χ0) is 20.4. The summed E-state index contributed by atoms with van der Waals surface area (Å²) in [5.74, 6) is -0.285. The van der Waals surface area contributed by atoms with E-state index in [9.17, 15) is 9.59 Å². The van der Waals surface area contributed by atoms with Gasteiger partial charge in [-0.2, -0.15) is 0 Å². The highest BCUT2D eigenvalue weighted by atomic mass is 32.1. The van der Waals surface area contributed by atoms with E-state index >= 15 is 0 Å². The molecule has 0 aliphatic carbocycles. The lowest BCUT2D eigenvalue weighted by Gasteiger charge is -2.09. The Labute approximate surface area is 175 Å². The first-order chi connectivity index (χ1) is 14.0. The molecular formula is C21H18N4O2S2. The van der Waals surface area contributed by atoms with E-state index in [2.05, 4.69) is 15.3 Å². The van der Waals surface area contributed by atoms with Crippen molar-refractivity contribution >= 4 is 34.3 Å². The molecule has 0 saturated carbocycles. The van der Waals surface area contributed by atoms with Crippen LogP contribution in [0.3, 0.4) is 0 Å². The van der Waals surface area contributed by atoms with Crippen molar-refractivity contribution in [3.8, 4) is 21.1 Å². The number of thiazole rings is 1. The highest BCUT2D eigenvalue weighted by Gasteiger charge is 2.14. The van der Waals surface area contributed by atoms with Crippen molar-refractivity contribution in [2.75, 3.05) is 5.32 Å². The zero-order valence-corrected chi connectivity index (χ0v) is 17.5. The molecule has 0 bridgehead atoms. The minimum atomic E-state index is -0.290. The second-order valence-electron chi connectivity index (χ2n) is 6.60. The first-order valence-electron chi connectivity index (χ1n) is 8.92. The smallest absolute Gasteiger partial charge is 0.264 e. The Morgan fingerprint density at radius 2 is 2.03 bits per heavy atom. The maximum absolute atomic E-state index is 12.9. The Balaban J connectivity index is 1.54. The molecule has 6 nitrogen and oxygen atoms in total. The van der Waals surface area contributed by atoms with Crippen LogP contribution in [0.1, 0.15) is 11.1 Å². The first-order valence-corrected chi connectivity index (χ1v) is 10.7. The van der Waals surface area contributed by atoms with Gasteiger partial charge in [0.2, 0.25) is 5.91 Å². The Bertz CT molecular complexity index is 1230. The normalized spacial score (nSPS) is 10.8. The van der Waals surface area contributed by atoms with E-state index < -0.39 is 0 Å². The van der Waals surface area contributed by atoms with E-state index in [-0.39, 0.29) is 18.0 Å². The standard InChI is InChI=1S/C21H18N4O2S2/c1-13-5-6-15(8-14(13)2)23-19(26)10-25-12-22-9-16(21(25)27)20-24-17(11-29-20)18-4-3-7-28-18/h3-9,11-12H,10H2,1-2H3,(H,23,26). The summed E-state index contributed by atoms with van der Waals surface area (Å²) in [5, 5.41) is 7.33. The largest absolute Gasteiger partial charge is 0.325 e. The summed E-state index contributed by atoms with van der Waals surface area (Å²) in [6.07, 6.45) is 2.87. The van der Waals surface area contributed by atoms with Gasteiger partial charge in [-0.05, 0) is 48.6 Å². The van der Waals surface area contributed by atoms with Crippen LogP contribution >= 0.6 is 22.7 Å². The van der Waals surface area contributed by atoms with Crippen LogP contribution in [0.25, 0.3) is 21.1 Å². The number of rotatable bonds is 5. The van der Waals surface area contributed by atoms with Gasteiger partial charge in [0.1, 0.15) is 11.6 Å². The number of nitrogens with zero attached hydrogens (tertiary/aromatic N) is 3. The molecule has 4 rings (SSSR count). The third-order valence-corrected chi connectivity index (χ3v) is 6.28. The average molecular weight is 423 g/mol. The average Bonchev–Trinajstić information content (AvgIpc) is 3.38. The number of thiophene rings is 1. The summed E-state index contributed by atoms with van der Waals surface area (Å²) in [5.41, 5.74) is 3.88. The van der Waals surface area contributed by atoms with E-state index in [1.165, 1.54) is 28.4 Å². The number of carbonyl (C=O) groups excluding carboxylic acids is 1. The Morgan fingerprint density at radius 3 is 2.79 bits per heavy atom. The maximum Gasteiger partial charge on any atom is 0.264 e. The number of hydrogen-bond donors (Lipinski definition) is 1. The van der Waals surface area contributed by atoms with Crippen LogP contribution in [0.2, 0.25) is 0 Å². The van der Waals surface area contributed by atoms with Gasteiger partial charge in [-0.3, -0.25) is 14.2 Å². The fourth-order valence-electron chi connectivity index (χ4n) is 2.82. The highest BCUT2D eigenvalue weighted by Crippen LogP contribution is 2.29. The van der Waals surface area contributed by atoms with Crippen molar-refractivity contribution in [1.82, 2.24) is 14.5 Å². The molecule has 0 unspecified atom stereocenters. The number of hydrogen-bond acceptors (Lipinski definition) is 6. The fourth-order valence-corrected chi connectivity index (χ4v) is 4.40. The highest BCUT2D eigenvalue weighted by molar-refractivity contribution is 7.15. The molecule has 0 radical (unpaired) electrons. The van der Waals surface area contributed by atoms with Crippen molar-refractivity contribution in [3.05, 3.63) is 75.1 Å². The van der Waals surface area contributed by atoms with Crippen LogP contribution in [0.15, 0.2) is 58.4 Å². The van der Waals surface area contributed by atoms with E-state index in [4.69, 9.17) is 0 Å². The van der Waals surface area contributed by atoms with Crippen LogP contribution in [-0.4, -0.2) is 20.4 Å². The van der Waals surface area contributed by atoms with Gasteiger partial charge in [0, 0.05) is 17.3 Å². The van der Waals surface area contributed by atoms with Gasteiger partial charge in [-0.15, -0.1) is 22.7 Å². The molecule has 1 aromatic carbocycles. The second kappa shape index (κ2) is 8.10. The SMILES string of the molecule is Cc1ccc(NC(=O)Cn2cncc(-c3nc(-c4cccs4)cs3)c2=O)cc1C. The third kappa shape index (κ3) is 4.18. The van der Waals surface area contributed by atoms with Gasteiger partial charge in [-0.25, -0.2) is 9.97 Å². The molecule has 0 atom stereocenters. The Kier molecular flexibility index (Phi) is 5.37. The summed E-state index contributed by atoms with van der Waals surface area (Å²) in [7, 11) is 0. The van der Waals surface area contributed by atoms with Gasteiger partial charge in [0.15, 0.2) is 0 Å². The van der Waals surface area contributed by atoms with Crippen LogP contribution in [0.5, 0.6) is 0 Å². The van der Waals surface area contributed by atoms with E-state index in [0.29, 0.717) is 16.3 Å². The molecular weight excluding hydrogens is 404 g/mol. The quantitative estimate of drug-likeness (QED) is 0.519. The molecule has 146 valence electrons. The molecule has 0 spiro atoms. The predicted octanol–water partition coefficient (Wildman–Crippen LogP) is 4.35. The van der Waals surface area contributed by atoms with Crippen molar-refractivity contribution in [1.29, 1.82) is 0 Å². The number of aromatic nitrogens is 3. The van der Waals surface area contributed by atoms with E-state index in [1.807, 2.05) is 54.9 Å². The fraction of sp³-hybridized carbons (Fsp3) is 0.143. The van der Waals surface area contributed by atoms with Crippen molar-refractivity contribution in [2.24, 2.45) is 0 Å². The molecule has 1 amide bonds. The molecule has 0 aliphatic rings. The first kappa shape index (κ1) is 19.2. The monoisotopic (exact) mass is 422 g/mol. The topological polar surface area (TPSA) is 76.9 Å². The van der Waals surface area contributed by atoms with Crippen LogP contribution in [0.4, 0.5) is 5.69 Å². The Morgan fingerprint density at radius 1 is 1.17 bits per heavy atom. The summed E-state index contributed by atoms with van der Waals surface area (Å²) in [4.78, 5) is 35.0. The molecule has 0 fully saturated rings. The van der Waals surface area contributed by atoms with Crippen LogP contribution in [-0.2, 0) is 11.3 Å². The summed E-state index contributed by atoms with van der Waals surface area (Å²) >= 11 is 2.99. The summed E-state index contributed by atoms with van der Waals surface area (Å²) in [6.45, 7) is 3.89. The van der Waals surface area contributed by atoms with E-state index in [0.717, 1.165) is 21.7 Å². The van der Waals surface area contributed by atoms with Crippen LogP contribution < -0.4 is 10.9 Å². The predicted molar refractivity (Wildman–Crippen MR) is 117 cm³/mol. The number of amides is 1. The van der Waals surface area contributed by atoms with Gasteiger partial charge < -0.3 is 5.32 Å². The molecule has 1 N–H and O–H groups in total. The lowest BCUT2D eigenvalue weighted by molar-refractivity contribution is -0.116.